The van der Waals surface area contributed by atoms with E-state index in [-0.39, 0.29) is 11.1 Å². The quantitative estimate of drug-likeness (QED) is 0.401. The molecule has 0 aliphatic carbocycles. The molecule has 0 aliphatic heterocycles. The second kappa shape index (κ2) is 8.85. The highest BCUT2D eigenvalue weighted by molar-refractivity contribution is 6.15. The zero-order valence-electron chi connectivity index (χ0n) is 17.6. The van der Waals surface area contributed by atoms with Crippen LogP contribution in [-0.2, 0) is 0 Å². The summed E-state index contributed by atoms with van der Waals surface area (Å²) in [4.78, 5) is 26.0. The number of halogens is 1. The van der Waals surface area contributed by atoms with E-state index < -0.39 is 17.6 Å². The van der Waals surface area contributed by atoms with E-state index in [1.807, 2.05) is 38.1 Å². The molecular weight excluding hydrogens is 407 g/mol. The monoisotopic (exact) mass is 428 g/mol. The predicted molar refractivity (Wildman–Crippen MR) is 122 cm³/mol. The minimum Gasteiger partial charge on any atom is -0.322 e. The normalized spacial score (nSPS) is 10.6. The maximum atomic E-state index is 13.1. The molecule has 0 aliphatic rings. The maximum absolute atomic E-state index is 13.1. The first-order chi connectivity index (χ1) is 15.4. The topological polar surface area (TPSA) is 86.9 Å². The highest BCUT2D eigenvalue weighted by Crippen LogP contribution is 2.29. The molecule has 0 saturated heterocycles. The van der Waals surface area contributed by atoms with Crippen LogP contribution < -0.4 is 10.6 Å². The lowest BCUT2D eigenvalue weighted by Crippen LogP contribution is -2.20. The number of nitrogens with zero attached hydrogens (tertiary/aromatic N) is 1. The Morgan fingerprint density at radius 1 is 0.844 bits per heavy atom. The van der Waals surface area contributed by atoms with Crippen LogP contribution in [0.25, 0.3) is 11.3 Å². The minimum atomic E-state index is -0.464. The van der Waals surface area contributed by atoms with E-state index in [2.05, 4.69) is 20.8 Å². The molecule has 3 N–H and O–H groups in total. The van der Waals surface area contributed by atoms with E-state index in [0.717, 1.165) is 16.8 Å². The van der Waals surface area contributed by atoms with Gasteiger partial charge in [-0.15, -0.1) is 0 Å². The van der Waals surface area contributed by atoms with Gasteiger partial charge in [-0.3, -0.25) is 14.7 Å². The van der Waals surface area contributed by atoms with Gasteiger partial charge in [0.1, 0.15) is 5.82 Å². The second-order valence-corrected chi connectivity index (χ2v) is 7.45. The number of anilines is 2. The molecule has 2 amide bonds. The van der Waals surface area contributed by atoms with Gasteiger partial charge < -0.3 is 10.6 Å². The van der Waals surface area contributed by atoms with Crippen LogP contribution in [0.3, 0.4) is 0 Å². The number of amides is 2. The predicted octanol–water partition coefficient (Wildman–Crippen LogP) is 5.34. The molecule has 0 unspecified atom stereocenters. The molecular formula is C25H21FN4O2. The molecule has 0 atom stereocenters. The number of carbonyl (C=O) groups excluding carboxylic acids is 2. The summed E-state index contributed by atoms with van der Waals surface area (Å²) < 4.78 is 13.1. The molecule has 160 valence electrons. The van der Waals surface area contributed by atoms with Crippen LogP contribution >= 0.6 is 0 Å². The summed E-state index contributed by atoms with van der Waals surface area (Å²) in [5, 5.41) is 12.8. The van der Waals surface area contributed by atoms with Crippen molar-refractivity contribution in [1.29, 1.82) is 0 Å². The summed E-state index contributed by atoms with van der Waals surface area (Å²) in [6, 6.07) is 19.5. The molecule has 6 nitrogen and oxygen atoms in total. The average Bonchev–Trinajstić information content (AvgIpc) is 3.22. The van der Waals surface area contributed by atoms with E-state index in [9.17, 15) is 14.0 Å². The van der Waals surface area contributed by atoms with Gasteiger partial charge in [0.2, 0.25) is 0 Å². The van der Waals surface area contributed by atoms with E-state index in [1.165, 1.54) is 24.3 Å². The molecule has 1 aromatic heterocycles. The first-order valence-corrected chi connectivity index (χ1v) is 10.0. The van der Waals surface area contributed by atoms with Crippen molar-refractivity contribution in [2.45, 2.75) is 13.8 Å². The van der Waals surface area contributed by atoms with E-state index >= 15 is 0 Å². The number of aromatic nitrogens is 2. The van der Waals surface area contributed by atoms with Gasteiger partial charge in [-0.25, -0.2) is 4.39 Å². The van der Waals surface area contributed by atoms with Gasteiger partial charge in [-0.05, 0) is 68.4 Å². The van der Waals surface area contributed by atoms with E-state index in [1.54, 1.807) is 24.3 Å². The van der Waals surface area contributed by atoms with Gasteiger partial charge in [-0.1, -0.05) is 23.8 Å². The Labute approximate surface area is 184 Å². The minimum absolute atomic E-state index is 0.207. The fraction of sp³-hybridized carbons (Fsp3) is 0.0800. The SMILES string of the molecule is Cc1ccc(NC(=O)c2ccccc2C(=O)Nc2ccc(F)cc2)c(-c2cc(C)[nH]n2)c1. The Balaban J connectivity index is 1.61. The van der Waals surface area contributed by atoms with Crippen LogP contribution in [0.15, 0.2) is 72.8 Å². The van der Waals surface area contributed by atoms with E-state index in [0.29, 0.717) is 17.1 Å². The highest BCUT2D eigenvalue weighted by atomic mass is 19.1. The number of nitrogens with one attached hydrogen (secondary N) is 3. The smallest absolute Gasteiger partial charge is 0.256 e. The number of hydrogen-bond acceptors (Lipinski definition) is 3. The summed E-state index contributed by atoms with van der Waals surface area (Å²) in [5.41, 5.74) is 4.86. The number of rotatable bonds is 5. The van der Waals surface area contributed by atoms with Gasteiger partial charge in [0.05, 0.1) is 22.5 Å². The van der Waals surface area contributed by atoms with Crippen LogP contribution in [0.1, 0.15) is 32.0 Å². The van der Waals surface area contributed by atoms with Gasteiger partial charge in [0, 0.05) is 16.9 Å². The summed E-state index contributed by atoms with van der Waals surface area (Å²) in [5.74, 6) is -1.29. The molecule has 4 rings (SSSR count). The molecule has 0 fully saturated rings. The standard InChI is InChI=1S/C25H21FN4O2/c1-15-7-12-22(21(13-15)23-14-16(2)29-30-23)28-25(32)20-6-4-3-5-19(20)24(31)27-18-10-8-17(26)9-11-18/h3-14H,1-2H3,(H,27,31)(H,28,32)(H,29,30). The van der Waals surface area contributed by atoms with Gasteiger partial charge in [0.15, 0.2) is 0 Å². The molecule has 0 bridgehead atoms. The van der Waals surface area contributed by atoms with Crippen molar-refractivity contribution < 1.29 is 14.0 Å². The highest BCUT2D eigenvalue weighted by Gasteiger charge is 2.19. The first-order valence-electron chi connectivity index (χ1n) is 10.0. The number of aromatic amines is 1. The van der Waals surface area contributed by atoms with Crippen LogP contribution in [0.2, 0.25) is 0 Å². The second-order valence-electron chi connectivity index (χ2n) is 7.45. The lowest BCUT2D eigenvalue weighted by Gasteiger charge is -2.13. The molecule has 0 radical (unpaired) electrons. The fourth-order valence-electron chi connectivity index (χ4n) is 3.34. The third-order valence-electron chi connectivity index (χ3n) is 4.92. The fourth-order valence-corrected chi connectivity index (χ4v) is 3.34. The largest absolute Gasteiger partial charge is 0.322 e. The molecule has 4 aromatic rings. The molecule has 32 heavy (non-hydrogen) atoms. The van der Waals surface area contributed by atoms with Crippen LogP contribution in [-0.4, -0.2) is 22.0 Å². The number of H-pyrrole nitrogens is 1. The Morgan fingerprint density at radius 3 is 2.12 bits per heavy atom. The summed E-state index contributed by atoms with van der Waals surface area (Å²) in [6.07, 6.45) is 0. The molecule has 0 saturated carbocycles. The number of benzene rings is 3. The van der Waals surface area contributed by atoms with Gasteiger partial charge in [0.25, 0.3) is 11.8 Å². The van der Waals surface area contributed by atoms with Crippen molar-refractivity contribution in [2.75, 3.05) is 10.6 Å². The molecule has 7 heteroatoms. The molecule has 0 spiro atoms. The summed E-state index contributed by atoms with van der Waals surface area (Å²) in [6.45, 7) is 3.87. The van der Waals surface area contributed by atoms with E-state index in [4.69, 9.17) is 0 Å². The van der Waals surface area contributed by atoms with Crippen molar-refractivity contribution in [1.82, 2.24) is 10.2 Å². The summed E-state index contributed by atoms with van der Waals surface area (Å²) >= 11 is 0. The Morgan fingerprint density at radius 2 is 1.50 bits per heavy atom. The number of hydrogen-bond donors (Lipinski definition) is 3. The third kappa shape index (κ3) is 4.57. The zero-order chi connectivity index (χ0) is 22.7. The van der Waals surface area contributed by atoms with Crippen LogP contribution in [0.5, 0.6) is 0 Å². The van der Waals surface area contributed by atoms with Crippen molar-refractivity contribution in [3.05, 3.63) is 101 Å². The Kier molecular flexibility index (Phi) is 5.81. The van der Waals surface area contributed by atoms with Crippen molar-refractivity contribution in [3.63, 3.8) is 0 Å². The Hall–Kier alpha value is -4.26. The lowest BCUT2D eigenvalue weighted by atomic mass is 10.0. The molecule has 3 aromatic carbocycles. The summed E-state index contributed by atoms with van der Waals surface area (Å²) in [7, 11) is 0. The van der Waals surface area contributed by atoms with Crippen LogP contribution in [0.4, 0.5) is 15.8 Å². The number of carbonyl (C=O) groups is 2. The Bertz CT molecular complexity index is 1300. The van der Waals surface area contributed by atoms with Gasteiger partial charge >= 0.3 is 0 Å². The zero-order valence-corrected chi connectivity index (χ0v) is 17.6. The average molecular weight is 428 g/mol. The maximum Gasteiger partial charge on any atom is 0.256 e. The van der Waals surface area contributed by atoms with Gasteiger partial charge in [-0.2, -0.15) is 5.10 Å². The van der Waals surface area contributed by atoms with Crippen molar-refractivity contribution in [3.8, 4) is 11.3 Å². The number of aryl methyl sites for hydroxylation is 2. The third-order valence-corrected chi connectivity index (χ3v) is 4.92. The van der Waals surface area contributed by atoms with Crippen LogP contribution in [0, 0.1) is 19.7 Å². The lowest BCUT2D eigenvalue weighted by molar-refractivity contribution is 0.0990. The van der Waals surface area contributed by atoms with Crippen molar-refractivity contribution >= 4 is 23.2 Å². The first kappa shape index (κ1) is 21.0. The van der Waals surface area contributed by atoms with Crippen molar-refractivity contribution in [2.24, 2.45) is 0 Å². The molecule has 1 heterocycles.